The predicted octanol–water partition coefficient (Wildman–Crippen LogP) is 4.33. The second kappa shape index (κ2) is 5.54. The van der Waals surface area contributed by atoms with Crippen molar-refractivity contribution in [1.82, 2.24) is 4.98 Å². The number of methoxy groups -OCH3 is 1. The van der Waals surface area contributed by atoms with Crippen LogP contribution in [0.1, 0.15) is 0 Å². The number of thiazole rings is 1. The van der Waals surface area contributed by atoms with E-state index in [-0.39, 0.29) is 5.75 Å². The van der Waals surface area contributed by atoms with Gasteiger partial charge in [-0.1, -0.05) is 30.3 Å². The summed E-state index contributed by atoms with van der Waals surface area (Å²) < 4.78 is 18.7. The fraction of sp³-hybridized carbons (Fsp3) is 0.0625. The van der Waals surface area contributed by atoms with Gasteiger partial charge in [-0.3, -0.25) is 0 Å². The average Bonchev–Trinajstić information content (AvgIpc) is 3.00. The standard InChI is InChI=1S/C16H12FNO2S/c1-20-13-8-11(7-12(17)15(13)19)14-9-18-16(21-14)10-5-3-2-4-6-10/h2-9,19H,1H3. The largest absolute Gasteiger partial charge is 0.502 e. The molecule has 0 saturated heterocycles. The van der Waals surface area contributed by atoms with Crippen LogP contribution in [-0.2, 0) is 0 Å². The van der Waals surface area contributed by atoms with Gasteiger partial charge in [0.1, 0.15) is 5.01 Å². The summed E-state index contributed by atoms with van der Waals surface area (Å²) in [4.78, 5) is 5.17. The highest BCUT2D eigenvalue weighted by atomic mass is 32.1. The molecule has 0 fully saturated rings. The Hall–Kier alpha value is -2.40. The predicted molar refractivity (Wildman–Crippen MR) is 81.2 cm³/mol. The van der Waals surface area contributed by atoms with E-state index in [1.807, 2.05) is 30.3 Å². The Morgan fingerprint density at radius 1 is 1.14 bits per heavy atom. The van der Waals surface area contributed by atoms with Crippen molar-refractivity contribution in [3.05, 3.63) is 54.5 Å². The summed E-state index contributed by atoms with van der Waals surface area (Å²) in [5.41, 5.74) is 1.64. The molecule has 0 bridgehead atoms. The number of phenolic OH excluding ortho intramolecular Hbond substituents is 1. The average molecular weight is 301 g/mol. The molecule has 5 heteroatoms. The normalized spacial score (nSPS) is 10.6. The number of aromatic nitrogens is 1. The Kier molecular flexibility index (Phi) is 3.58. The molecular formula is C16H12FNO2S. The van der Waals surface area contributed by atoms with Gasteiger partial charge in [0.05, 0.1) is 12.0 Å². The van der Waals surface area contributed by atoms with Crippen molar-refractivity contribution in [3.8, 4) is 32.5 Å². The maximum Gasteiger partial charge on any atom is 0.194 e. The van der Waals surface area contributed by atoms with E-state index in [1.165, 1.54) is 24.5 Å². The van der Waals surface area contributed by atoms with Crippen LogP contribution in [-0.4, -0.2) is 17.2 Å². The minimum atomic E-state index is -0.709. The van der Waals surface area contributed by atoms with E-state index >= 15 is 0 Å². The van der Waals surface area contributed by atoms with Gasteiger partial charge < -0.3 is 9.84 Å². The first kappa shape index (κ1) is 13.6. The number of hydrogen-bond acceptors (Lipinski definition) is 4. The van der Waals surface area contributed by atoms with Gasteiger partial charge in [0.15, 0.2) is 17.3 Å². The van der Waals surface area contributed by atoms with Crippen LogP contribution in [0, 0.1) is 5.82 Å². The molecule has 0 saturated carbocycles. The zero-order valence-electron chi connectivity index (χ0n) is 11.2. The molecule has 3 nitrogen and oxygen atoms in total. The van der Waals surface area contributed by atoms with E-state index in [2.05, 4.69) is 4.98 Å². The summed E-state index contributed by atoms with van der Waals surface area (Å²) >= 11 is 1.46. The first-order chi connectivity index (χ1) is 10.2. The number of ether oxygens (including phenoxy) is 1. The number of nitrogens with zero attached hydrogens (tertiary/aromatic N) is 1. The molecular weight excluding hydrogens is 289 g/mol. The monoisotopic (exact) mass is 301 g/mol. The van der Waals surface area contributed by atoms with Crippen LogP contribution < -0.4 is 4.74 Å². The van der Waals surface area contributed by atoms with Crippen LogP contribution in [0.5, 0.6) is 11.5 Å². The molecule has 0 unspecified atom stereocenters. The first-order valence-electron chi connectivity index (χ1n) is 6.27. The minimum absolute atomic E-state index is 0.111. The van der Waals surface area contributed by atoms with Crippen LogP contribution in [0.3, 0.4) is 0 Å². The van der Waals surface area contributed by atoms with Gasteiger partial charge >= 0.3 is 0 Å². The van der Waals surface area contributed by atoms with Gasteiger partial charge in [-0.2, -0.15) is 0 Å². The van der Waals surface area contributed by atoms with Crippen molar-refractivity contribution in [2.24, 2.45) is 0 Å². The highest BCUT2D eigenvalue weighted by Gasteiger charge is 2.13. The van der Waals surface area contributed by atoms with E-state index in [9.17, 15) is 9.50 Å². The van der Waals surface area contributed by atoms with E-state index in [1.54, 1.807) is 12.3 Å². The van der Waals surface area contributed by atoms with Gasteiger partial charge in [-0.15, -0.1) is 11.3 Å². The Balaban J connectivity index is 2.03. The number of phenols is 1. The topological polar surface area (TPSA) is 42.4 Å². The second-order valence-electron chi connectivity index (χ2n) is 4.40. The zero-order chi connectivity index (χ0) is 14.8. The van der Waals surface area contributed by atoms with Crippen LogP contribution >= 0.6 is 11.3 Å². The van der Waals surface area contributed by atoms with Crippen molar-refractivity contribution in [2.45, 2.75) is 0 Å². The highest BCUT2D eigenvalue weighted by molar-refractivity contribution is 7.18. The molecule has 0 radical (unpaired) electrons. The molecule has 3 aromatic rings. The van der Waals surface area contributed by atoms with Crippen molar-refractivity contribution < 1.29 is 14.2 Å². The molecule has 1 heterocycles. The molecule has 2 aromatic carbocycles. The number of aromatic hydroxyl groups is 1. The summed E-state index contributed by atoms with van der Waals surface area (Å²) in [5.74, 6) is -1.08. The molecule has 0 aliphatic carbocycles. The van der Waals surface area contributed by atoms with Gasteiger partial charge in [0, 0.05) is 17.3 Å². The van der Waals surface area contributed by atoms with E-state index in [0.29, 0.717) is 5.56 Å². The highest BCUT2D eigenvalue weighted by Crippen LogP contribution is 2.38. The Labute approximate surface area is 125 Å². The molecule has 0 aliphatic heterocycles. The molecule has 0 spiro atoms. The molecule has 0 aliphatic rings. The SMILES string of the molecule is COc1cc(-c2cnc(-c3ccccc3)s2)cc(F)c1O. The molecule has 0 atom stereocenters. The Morgan fingerprint density at radius 3 is 2.62 bits per heavy atom. The van der Waals surface area contributed by atoms with Crippen LogP contribution in [0.2, 0.25) is 0 Å². The van der Waals surface area contributed by atoms with Crippen molar-refractivity contribution in [2.75, 3.05) is 7.11 Å². The third-order valence-electron chi connectivity index (χ3n) is 3.06. The molecule has 1 aromatic heterocycles. The fourth-order valence-corrected chi connectivity index (χ4v) is 2.90. The number of hydrogen-bond donors (Lipinski definition) is 1. The summed E-state index contributed by atoms with van der Waals surface area (Å²) in [7, 11) is 1.39. The molecule has 1 N–H and O–H groups in total. The van der Waals surface area contributed by atoms with Crippen molar-refractivity contribution >= 4 is 11.3 Å². The van der Waals surface area contributed by atoms with Crippen molar-refractivity contribution in [1.29, 1.82) is 0 Å². The summed E-state index contributed by atoms with van der Waals surface area (Å²) in [5, 5.41) is 10.4. The lowest BCUT2D eigenvalue weighted by molar-refractivity contribution is 0.357. The molecule has 21 heavy (non-hydrogen) atoms. The zero-order valence-corrected chi connectivity index (χ0v) is 12.0. The quantitative estimate of drug-likeness (QED) is 0.783. The van der Waals surface area contributed by atoms with Crippen LogP contribution in [0.4, 0.5) is 4.39 Å². The van der Waals surface area contributed by atoms with E-state index < -0.39 is 11.6 Å². The number of benzene rings is 2. The van der Waals surface area contributed by atoms with Crippen molar-refractivity contribution in [3.63, 3.8) is 0 Å². The molecule has 106 valence electrons. The maximum atomic E-state index is 13.7. The van der Waals surface area contributed by atoms with E-state index in [0.717, 1.165) is 15.4 Å². The minimum Gasteiger partial charge on any atom is -0.502 e. The Bertz CT molecular complexity index is 771. The van der Waals surface area contributed by atoms with Crippen LogP contribution in [0.25, 0.3) is 21.0 Å². The summed E-state index contributed by atoms with van der Waals surface area (Å²) in [6, 6.07) is 12.7. The first-order valence-corrected chi connectivity index (χ1v) is 7.09. The number of halogens is 1. The van der Waals surface area contributed by atoms with Crippen LogP contribution in [0.15, 0.2) is 48.7 Å². The van der Waals surface area contributed by atoms with Gasteiger partial charge in [-0.05, 0) is 12.1 Å². The molecule has 0 amide bonds. The fourth-order valence-electron chi connectivity index (χ4n) is 1.99. The smallest absolute Gasteiger partial charge is 0.194 e. The third-order valence-corrected chi connectivity index (χ3v) is 4.15. The van der Waals surface area contributed by atoms with Gasteiger partial charge in [0.25, 0.3) is 0 Å². The molecule has 3 rings (SSSR count). The third kappa shape index (κ3) is 2.60. The maximum absolute atomic E-state index is 13.7. The summed E-state index contributed by atoms with van der Waals surface area (Å²) in [6.45, 7) is 0. The lowest BCUT2D eigenvalue weighted by atomic mass is 10.1. The number of rotatable bonds is 3. The summed E-state index contributed by atoms with van der Waals surface area (Å²) in [6.07, 6.45) is 1.69. The van der Waals surface area contributed by atoms with Gasteiger partial charge in [-0.25, -0.2) is 9.37 Å². The lowest BCUT2D eigenvalue weighted by Gasteiger charge is -2.06. The van der Waals surface area contributed by atoms with E-state index in [4.69, 9.17) is 4.74 Å². The second-order valence-corrected chi connectivity index (χ2v) is 5.44. The lowest BCUT2D eigenvalue weighted by Crippen LogP contribution is -1.87. The Morgan fingerprint density at radius 2 is 1.90 bits per heavy atom. The van der Waals surface area contributed by atoms with Gasteiger partial charge in [0.2, 0.25) is 0 Å².